The van der Waals surface area contributed by atoms with Gasteiger partial charge in [0.15, 0.2) is 0 Å². The Balaban J connectivity index is 1.23. The van der Waals surface area contributed by atoms with Crippen LogP contribution in [0.3, 0.4) is 0 Å². The van der Waals surface area contributed by atoms with Gasteiger partial charge in [-0.05, 0) is 85.5 Å². The zero-order chi connectivity index (χ0) is 34.3. The van der Waals surface area contributed by atoms with Crippen LogP contribution in [-0.4, -0.2) is 4.57 Å². The van der Waals surface area contributed by atoms with E-state index in [4.69, 9.17) is 0 Å². The molecule has 1 aromatic heterocycles. The van der Waals surface area contributed by atoms with E-state index in [-0.39, 0.29) is 0 Å². The van der Waals surface area contributed by atoms with Gasteiger partial charge in [-0.15, -0.1) is 0 Å². The lowest BCUT2D eigenvalue weighted by Crippen LogP contribution is -1.93. The molecule has 1 heterocycles. The Kier molecular flexibility index (Phi) is 7.67. The summed E-state index contributed by atoms with van der Waals surface area (Å²) in [6, 6.07) is 68.6. The number of hydrogen-bond donors (Lipinski definition) is 0. The maximum atomic E-state index is 2.38. The van der Waals surface area contributed by atoms with Gasteiger partial charge in [0.25, 0.3) is 0 Å². The maximum absolute atomic E-state index is 2.38. The molecule has 8 aromatic carbocycles. The Labute approximate surface area is 299 Å². The van der Waals surface area contributed by atoms with Crippen molar-refractivity contribution in [3.8, 4) is 66.9 Å². The quantitative estimate of drug-likeness (QED) is 0.169. The molecule has 0 atom stereocenters. The van der Waals surface area contributed by atoms with Crippen molar-refractivity contribution in [1.29, 1.82) is 0 Å². The molecular weight excluding hydrogens is 615 g/mol. The van der Waals surface area contributed by atoms with Crippen LogP contribution in [0.1, 0.15) is 5.56 Å². The molecule has 0 N–H and O–H groups in total. The molecule has 0 aliphatic heterocycles. The van der Waals surface area contributed by atoms with Gasteiger partial charge in [0.05, 0.1) is 5.69 Å². The first-order valence-electron chi connectivity index (χ1n) is 17.7. The molecule has 0 spiro atoms. The van der Waals surface area contributed by atoms with Crippen LogP contribution in [0.15, 0.2) is 188 Å². The first-order valence-corrected chi connectivity index (χ1v) is 17.7. The summed E-state index contributed by atoms with van der Waals surface area (Å²) in [7, 11) is 2.21. The predicted molar refractivity (Wildman–Crippen MR) is 218 cm³/mol. The standard InChI is InChI=1S/C50H37N/c1-34-22-24-37(25-23-34)49-46-29-27-40(33-48(46)51(2)50(49)38-18-10-5-11-19-38)41-30-31-44(43-21-13-12-20-42(41)43)45-28-26-39(35-14-6-3-7-15-35)32-47(45)36-16-8-4-9-17-36/h3-33H,1-2H3. The van der Waals surface area contributed by atoms with Crippen molar-refractivity contribution in [2.45, 2.75) is 6.92 Å². The van der Waals surface area contributed by atoms with Crippen molar-refractivity contribution in [3.63, 3.8) is 0 Å². The number of aryl methyl sites for hydroxylation is 2. The Morgan fingerprint density at radius 2 is 0.863 bits per heavy atom. The van der Waals surface area contributed by atoms with E-state index in [1.165, 1.54) is 94.1 Å². The molecule has 0 aliphatic carbocycles. The molecule has 9 aromatic rings. The van der Waals surface area contributed by atoms with Gasteiger partial charge in [0.1, 0.15) is 0 Å². The number of hydrogen-bond acceptors (Lipinski definition) is 0. The summed E-state index contributed by atoms with van der Waals surface area (Å²) >= 11 is 0. The molecule has 51 heavy (non-hydrogen) atoms. The third kappa shape index (κ3) is 5.44. The highest BCUT2D eigenvalue weighted by molar-refractivity contribution is 6.10. The monoisotopic (exact) mass is 651 g/mol. The second kappa shape index (κ2) is 12.8. The van der Waals surface area contributed by atoms with Crippen LogP contribution in [0, 0.1) is 6.92 Å². The molecule has 0 fully saturated rings. The summed E-state index contributed by atoms with van der Waals surface area (Å²) in [5.74, 6) is 0. The van der Waals surface area contributed by atoms with E-state index in [9.17, 15) is 0 Å². The Morgan fingerprint density at radius 3 is 1.55 bits per heavy atom. The van der Waals surface area contributed by atoms with E-state index in [0.29, 0.717) is 0 Å². The molecule has 0 saturated heterocycles. The van der Waals surface area contributed by atoms with Crippen LogP contribution >= 0.6 is 0 Å². The minimum absolute atomic E-state index is 1.21. The number of rotatable bonds is 6. The minimum Gasteiger partial charge on any atom is -0.343 e. The van der Waals surface area contributed by atoms with Crippen LogP contribution in [0.2, 0.25) is 0 Å². The van der Waals surface area contributed by atoms with E-state index >= 15 is 0 Å². The normalized spacial score (nSPS) is 11.3. The third-order valence-electron chi connectivity index (χ3n) is 10.3. The van der Waals surface area contributed by atoms with Crippen LogP contribution < -0.4 is 0 Å². The lowest BCUT2D eigenvalue weighted by molar-refractivity contribution is 0.979. The summed E-state index contributed by atoms with van der Waals surface area (Å²) in [4.78, 5) is 0. The van der Waals surface area contributed by atoms with Gasteiger partial charge in [-0.2, -0.15) is 0 Å². The molecule has 0 saturated carbocycles. The SMILES string of the molecule is Cc1ccc(-c2c(-c3ccccc3)n(C)c3cc(-c4ccc(-c5ccc(-c6ccccc6)cc5-c5ccccc5)c5ccccc45)ccc23)cc1. The van der Waals surface area contributed by atoms with Gasteiger partial charge in [-0.1, -0.05) is 181 Å². The van der Waals surface area contributed by atoms with E-state index in [1.54, 1.807) is 0 Å². The van der Waals surface area contributed by atoms with Crippen molar-refractivity contribution < 1.29 is 0 Å². The zero-order valence-corrected chi connectivity index (χ0v) is 28.8. The molecule has 0 aliphatic rings. The van der Waals surface area contributed by atoms with Gasteiger partial charge >= 0.3 is 0 Å². The fourth-order valence-electron chi connectivity index (χ4n) is 7.78. The van der Waals surface area contributed by atoms with E-state index in [0.717, 1.165) is 0 Å². The molecule has 1 heteroatoms. The van der Waals surface area contributed by atoms with Crippen molar-refractivity contribution in [3.05, 3.63) is 194 Å². The van der Waals surface area contributed by atoms with Gasteiger partial charge in [-0.25, -0.2) is 0 Å². The van der Waals surface area contributed by atoms with Crippen molar-refractivity contribution in [1.82, 2.24) is 4.57 Å². The van der Waals surface area contributed by atoms with Crippen molar-refractivity contribution in [2.24, 2.45) is 7.05 Å². The molecule has 0 unspecified atom stereocenters. The largest absolute Gasteiger partial charge is 0.343 e. The van der Waals surface area contributed by atoms with Crippen LogP contribution in [0.25, 0.3) is 88.6 Å². The number of aromatic nitrogens is 1. The van der Waals surface area contributed by atoms with E-state index < -0.39 is 0 Å². The highest BCUT2D eigenvalue weighted by atomic mass is 15.0. The summed E-state index contributed by atoms with van der Waals surface area (Å²) in [5.41, 5.74) is 17.3. The second-order valence-electron chi connectivity index (χ2n) is 13.4. The number of nitrogens with zero attached hydrogens (tertiary/aromatic N) is 1. The third-order valence-corrected chi connectivity index (χ3v) is 10.3. The van der Waals surface area contributed by atoms with Crippen LogP contribution in [0.5, 0.6) is 0 Å². The molecule has 0 amide bonds. The Bertz CT molecular complexity index is 2660. The smallest absolute Gasteiger partial charge is 0.0568 e. The number of benzene rings is 8. The van der Waals surface area contributed by atoms with Crippen molar-refractivity contribution >= 4 is 21.7 Å². The fraction of sp³-hybridized carbons (Fsp3) is 0.0400. The second-order valence-corrected chi connectivity index (χ2v) is 13.4. The topological polar surface area (TPSA) is 4.93 Å². The summed E-state index contributed by atoms with van der Waals surface area (Å²) < 4.78 is 2.38. The zero-order valence-electron chi connectivity index (χ0n) is 28.8. The van der Waals surface area contributed by atoms with E-state index in [1.807, 2.05) is 0 Å². The first-order chi connectivity index (χ1) is 25.1. The first kappa shape index (κ1) is 30.6. The molecule has 1 nitrogen and oxygen atoms in total. The maximum Gasteiger partial charge on any atom is 0.0568 e. The van der Waals surface area contributed by atoms with Crippen LogP contribution in [0.4, 0.5) is 0 Å². The molecular formula is C50H37N. The van der Waals surface area contributed by atoms with Gasteiger partial charge in [-0.3, -0.25) is 0 Å². The highest BCUT2D eigenvalue weighted by Gasteiger charge is 2.20. The predicted octanol–water partition coefficient (Wildman–Crippen LogP) is 13.6. The average Bonchev–Trinajstić information content (AvgIpc) is 3.49. The molecule has 242 valence electrons. The molecule has 0 bridgehead atoms. The lowest BCUT2D eigenvalue weighted by atomic mass is 9.87. The summed E-state index contributed by atoms with van der Waals surface area (Å²) in [5, 5.41) is 3.75. The Hall–Kier alpha value is -6.44. The minimum atomic E-state index is 1.21. The Morgan fingerprint density at radius 1 is 0.333 bits per heavy atom. The molecule has 0 radical (unpaired) electrons. The number of fused-ring (bicyclic) bond motifs is 2. The summed E-state index contributed by atoms with van der Waals surface area (Å²) in [6.07, 6.45) is 0. The van der Waals surface area contributed by atoms with Gasteiger partial charge < -0.3 is 4.57 Å². The van der Waals surface area contributed by atoms with Crippen molar-refractivity contribution in [2.75, 3.05) is 0 Å². The van der Waals surface area contributed by atoms with E-state index in [2.05, 4.69) is 207 Å². The highest BCUT2D eigenvalue weighted by Crippen LogP contribution is 2.44. The molecule has 9 rings (SSSR count). The fourth-order valence-corrected chi connectivity index (χ4v) is 7.78. The average molecular weight is 652 g/mol. The van der Waals surface area contributed by atoms with Gasteiger partial charge in [0, 0.05) is 23.5 Å². The lowest BCUT2D eigenvalue weighted by Gasteiger charge is -2.17. The van der Waals surface area contributed by atoms with Gasteiger partial charge in [0.2, 0.25) is 0 Å². The van der Waals surface area contributed by atoms with Crippen LogP contribution in [-0.2, 0) is 7.05 Å². The summed E-state index contributed by atoms with van der Waals surface area (Å²) in [6.45, 7) is 2.15.